The zero-order valence-corrected chi connectivity index (χ0v) is 14.7. The predicted molar refractivity (Wildman–Crippen MR) is 90.0 cm³/mol. The molecule has 0 amide bonds. The molecular formula is C16H27N3O2S. The highest BCUT2D eigenvalue weighted by molar-refractivity contribution is 7.86. The van der Waals surface area contributed by atoms with E-state index in [4.69, 9.17) is 0 Å². The van der Waals surface area contributed by atoms with Crippen LogP contribution in [0.3, 0.4) is 0 Å². The fourth-order valence-corrected chi connectivity index (χ4v) is 4.36. The van der Waals surface area contributed by atoms with Gasteiger partial charge in [0.05, 0.1) is 6.04 Å². The largest absolute Gasteiger partial charge is 0.313 e. The molecule has 0 aliphatic carbocycles. The van der Waals surface area contributed by atoms with Crippen molar-refractivity contribution in [2.24, 2.45) is 0 Å². The lowest BCUT2D eigenvalue weighted by atomic mass is 10.0. The van der Waals surface area contributed by atoms with Crippen LogP contribution in [0.25, 0.3) is 0 Å². The quantitative estimate of drug-likeness (QED) is 0.898. The van der Waals surface area contributed by atoms with Crippen LogP contribution >= 0.6 is 0 Å². The molecule has 0 saturated carbocycles. The summed E-state index contributed by atoms with van der Waals surface area (Å²) in [6.07, 6.45) is 0.987. The molecule has 1 atom stereocenters. The van der Waals surface area contributed by atoms with Gasteiger partial charge in [0, 0.05) is 32.7 Å². The van der Waals surface area contributed by atoms with Gasteiger partial charge >= 0.3 is 0 Å². The first-order valence-electron chi connectivity index (χ1n) is 7.92. The van der Waals surface area contributed by atoms with Crippen molar-refractivity contribution in [3.63, 3.8) is 0 Å². The van der Waals surface area contributed by atoms with Crippen molar-refractivity contribution in [3.05, 3.63) is 35.4 Å². The number of rotatable bonds is 5. The van der Waals surface area contributed by atoms with E-state index in [0.29, 0.717) is 19.6 Å². The van der Waals surface area contributed by atoms with E-state index in [1.807, 2.05) is 26.0 Å². The van der Waals surface area contributed by atoms with Gasteiger partial charge in [0.2, 0.25) is 0 Å². The number of nitrogens with one attached hydrogen (secondary N) is 1. The summed E-state index contributed by atoms with van der Waals surface area (Å²) < 4.78 is 28.8. The molecule has 0 bridgehead atoms. The predicted octanol–water partition coefficient (Wildman–Crippen LogP) is 1.78. The topological polar surface area (TPSA) is 52.7 Å². The van der Waals surface area contributed by atoms with Crippen LogP contribution in [0.4, 0.5) is 0 Å². The van der Waals surface area contributed by atoms with Crippen LogP contribution in [0.15, 0.2) is 24.3 Å². The third kappa shape index (κ3) is 3.51. The van der Waals surface area contributed by atoms with Crippen LogP contribution in [0.2, 0.25) is 0 Å². The summed E-state index contributed by atoms with van der Waals surface area (Å²) in [5.41, 5.74) is 2.31. The average Bonchev–Trinajstić information content (AvgIpc) is 2.54. The van der Waals surface area contributed by atoms with Crippen molar-refractivity contribution in [2.45, 2.75) is 39.3 Å². The summed E-state index contributed by atoms with van der Waals surface area (Å²) >= 11 is 0. The normalized spacial score (nSPS) is 20.7. The first-order valence-corrected chi connectivity index (χ1v) is 9.32. The SMILES string of the molecule is CCc1ccc(C2CNCCN2S(=O)(=O)N(C)C(C)C)cc1. The van der Waals surface area contributed by atoms with E-state index in [1.165, 1.54) is 9.87 Å². The number of nitrogens with zero attached hydrogens (tertiary/aromatic N) is 2. The molecule has 124 valence electrons. The van der Waals surface area contributed by atoms with E-state index in [0.717, 1.165) is 12.0 Å². The second-order valence-electron chi connectivity index (χ2n) is 6.04. The minimum atomic E-state index is -3.45. The molecule has 1 aromatic carbocycles. The molecule has 1 aliphatic heterocycles. The Kier molecular flexibility index (Phi) is 5.60. The van der Waals surface area contributed by atoms with E-state index < -0.39 is 10.2 Å². The van der Waals surface area contributed by atoms with Crippen molar-refractivity contribution in [2.75, 3.05) is 26.7 Å². The highest BCUT2D eigenvalue weighted by Gasteiger charge is 2.36. The highest BCUT2D eigenvalue weighted by atomic mass is 32.2. The van der Waals surface area contributed by atoms with Gasteiger partial charge in [0.15, 0.2) is 0 Å². The fourth-order valence-electron chi connectivity index (χ4n) is 2.65. The molecule has 0 aromatic heterocycles. The molecule has 0 spiro atoms. The maximum Gasteiger partial charge on any atom is 0.282 e. The molecule has 2 rings (SSSR count). The Morgan fingerprint density at radius 1 is 1.32 bits per heavy atom. The Labute approximate surface area is 134 Å². The minimum Gasteiger partial charge on any atom is -0.313 e. The number of hydrogen-bond donors (Lipinski definition) is 1. The smallest absolute Gasteiger partial charge is 0.282 e. The molecule has 1 aromatic rings. The van der Waals surface area contributed by atoms with E-state index >= 15 is 0 Å². The molecule has 6 heteroatoms. The summed E-state index contributed by atoms with van der Waals surface area (Å²) in [7, 11) is -1.80. The molecule has 1 unspecified atom stereocenters. The van der Waals surface area contributed by atoms with Crippen LogP contribution in [0.1, 0.15) is 37.9 Å². The maximum atomic E-state index is 12.9. The Balaban J connectivity index is 2.31. The van der Waals surface area contributed by atoms with Crippen molar-refractivity contribution in [3.8, 4) is 0 Å². The lowest BCUT2D eigenvalue weighted by Gasteiger charge is -2.38. The van der Waals surface area contributed by atoms with Gasteiger partial charge in [-0.15, -0.1) is 0 Å². The van der Waals surface area contributed by atoms with Crippen LogP contribution in [-0.4, -0.2) is 49.8 Å². The zero-order valence-electron chi connectivity index (χ0n) is 13.9. The Hall–Kier alpha value is -0.950. The second kappa shape index (κ2) is 7.08. The first kappa shape index (κ1) is 17.4. The van der Waals surface area contributed by atoms with Gasteiger partial charge in [-0.3, -0.25) is 0 Å². The summed E-state index contributed by atoms with van der Waals surface area (Å²) in [4.78, 5) is 0. The van der Waals surface area contributed by atoms with Gasteiger partial charge in [0.25, 0.3) is 10.2 Å². The molecule has 5 nitrogen and oxygen atoms in total. The van der Waals surface area contributed by atoms with Crippen molar-refractivity contribution in [1.82, 2.24) is 13.9 Å². The van der Waals surface area contributed by atoms with Crippen LogP contribution in [0.5, 0.6) is 0 Å². The number of benzene rings is 1. The lowest BCUT2D eigenvalue weighted by Crippen LogP contribution is -2.53. The van der Waals surface area contributed by atoms with Gasteiger partial charge in [-0.05, 0) is 31.4 Å². The molecule has 1 saturated heterocycles. The monoisotopic (exact) mass is 325 g/mol. The molecule has 0 radical (unpaired) electrons. The highest BCUT2D eigenvalue weighted by Crippen LogP contribution is 2.27. The van der Waals surface area contributed by atoms with Crippen molar-refractivity contribution < 1.29 is 8.42 Å². The van der Waals surface area contributed by atoms with Gasteiger partial charge in [0.1, 0.15) is 0 Å². The van der Waals surface area contributed by atoms with Gasteiger partial charge in [-0.1, -0.05) is 31.2 Å². The van der Waals surface area contributed by atoms with Gasteiger partial charge in [-0.2, -0.15) is 17.0 Å². The molecule has 1 fully saturated rings. The molecule has 1 N–H and O–H groups in total. The number of piperazine rings is 1. The van der Waals surface area contributed by atoms with E-state index in [2.05, 4.69) is 24.4 Å². The van der Waals surface area contributed by atoms with Gasteiger partial charge < -0.3 is 5.32 Å². The van der Waals surface area contributed by atoms with E-state index in [1.54, 1.807) is 11.4 Å². The summed E-state index contributed by atoms with van der Waals surface area (Å²) in [6, 6.07) is 8.07. The van der Waals surface area contributed by atoms with Crippen LogP contribution in [-0.2, 0) is 16.6 Å². The Morgan fingerprint density at radius 2 is 1.95 bits per heavy atom. The summed E-state index contributed by atoms with van der Waals surface area (Å²) in [6.45, 7) is 7.74. The average molecular weight is 325 g/mol. The minimum absolute atomic E-state index is 0.0528. The third-order valence-corrected chi connectivity index (χ3v) is 6.53. The lowest BCUT2D eigenvalue weighted by molar-refractivity contribution is 0.245. The second-order valence-corrected chi connectivity index (χ2v) is 7.98. The Morgan fingerprint density at radius 3 is 2.50 bits per heavy atom. The van der Waals surface area contributed by atoms with E-state index in [9.17, 15) is 8.42 Å². The summed E-state index contributed by atoms with van der Waals surface area (Å²) in [5.74, 6) is 0. The third-order valence-electron chi connectivity index (χ3n) is 4.35. The first-order chi connectivity index (χ1) is 10.4. The number of hydrogen-bond acceptors (Lipinski definition) is 3. The van der Waals surface area contributed by atoms with Gasteiger partial charge in [-0.25, -0.2) is 0 Å². The Bertz CT molecular complexity index is 584. The fraction of sp³-hybridized carbons (Fsp3) is 0.625. The summed E-state index contributed by atoms with van der Waals surface area (Å²) in [5, 5.41) is 3.31. The van der Waals surface area contributed by atoms with Crippen LogP contribution < -0.4 is 5.32 Å². The molecule has 1 heterocycles. The molecule has 22 heavy (non-hydrogen) atoms. The molecular weight excluding hydrogens is 298 g/mol. The number of aryl methyl sites for hydroxylation is 1. The van der Waals surface area contributed by atoms with Crippen molar-refractivity contribution in [1.29, 1.82) is 0 Å². The maximum absolute atomic E-state index is 12.9. The zero-order chi connectivity index (χ0) is 16.3. The standard InChI is InChI=1S/C16H27N3O2S/c1-5-14-6-8-15(9-7-14)16-12-17-10-11-19(16)22(20,21)18(4)13(2)3/h6-9,13,16-17H,5,10-12H2,1-4H3. The van der Waals surface area contributed by atoms with Crippen LogP contribution in [0, 0.1) is 0 Å². The van der Waals surface area contributed by atoms with E-state index in [-0.39, 0.29) is 12.1 Å². The molecule has 1 aliphatic rings. The van der Waals surface area contributed by atoms with Crippen molar-refractivity contribution >= 4 is 10.2 Å².